The van der Waals surface area contributed by atoms with Gasteiger partial charge in [-0.25, -0.2) is 9.67 Å². The maximum Gasteiger partial charge on any atom is 0.254 e. The highest BCUT2D eigenvalue weighted by atomic mass is 16.1. The molecule has 1 saturated heterocycles. The first-order valence-electron chi connectivity index (χ1n) is 10.9. The average molecular weight is 398 g/mol. The number of piperidine rings is 1. The van der Waals surface area contributed by atoms with E-state index >= 15 is 0 Å². The van der Waals surface area contributed by atoms with E-state index in [4.69, 9.17) is 0 Å². The number of amides is 1. The van der Waals surface area contributed by atoms with Gasteiger partial charge in [-0.05, 0) is 55.8 Å². The van der Waals surface area contributed by atoms with Crippen LogP contribution in [-0.4, -0.2) is 51.2 Å². The number of rotatable bonds is 7. The van der Waals surface area contributed by atoms with Gasteiger partial charge in [0.1, 0.15) is 0 Å². The van der Waals surface area contributed by atoms with Crippen LogP contribution in [0.5, 0.6) is 0 Å². The Morgan fingerprint density at radius 1 is 1.21 bits per heavy atom. The molecule has 1 fully saturated rings. The Labute approximate surface area is 174 Å². The second-order valence-electron chi connectivity index (χ2n) is 8.94. The summed E-state index contributed by atoms with van der Waals surface area (Å²) in [4.78, 5) is 20.0. The van der Waals surface area contributed by atoms with Crippen molar-refractivity contribution in [3.8, 4) is 5.82 Å². The van der Waals surface area contributed by atoms with E-state index in [1.807, 2.05) is 18.2 Å². The van der Waals surface area contributed by atoms with Gasteiger partial charge < -0.3 is 5.32 Å². The predicted octanol–water partition coefficient (Wildman–Crippen LogP) is 3.88. The van der Waals surface area contributed by atoms with Gasteiger partial charge in [-0.2, -0.15) is 5.10 Å². The molecule has 3 rings (SSSR count). The van der Waals surface area contributed by atoms with Gasteiger partial charge in [-0.15, -0.1) is 0 Å². The molecule has 1 N–H and O–H groups in total. The third kappa shape index (κ3) is 5.04. The highest BCUT2D eigenvalue weighted by Gasteiger charge is 2.27. The highest BCUT2D eigenvalue weighted by Crippen LogP contribution is 2.23. The Hall–Kier alpha value is -2.21. The Bertz CT molecular complexity index is 791. The number of likely N-dealkylation sites (tertiary alicyclic amines) is 1. The number of hydrogen-bond acceptors (Lipinski definition) is 4. The van der Waals surface area contributed by atoms with Crippen LogP contribution in [0.25, 0.3) is 5.82 Å². The normalized spacial score (nSPS) is 17.1. The van der Waals surface area contributed by atoms with Crippen molar-refractivity contribution in [2.45, 2.75) is 59.4 Å². The Morgan fingerprint density at radius 3 is 2.52 bits per heavy atom. The predicted molar refractivity (Wildman–Crippen MR) is 116 cm³/mol. The maximum absolute atomic E-state index is 13.1. The molecule has 2 aromatic rings. The van der Waals surface area contributed by atoms with Gasteiger partial charge in [0.2, 0.25) is 0 Å². The fraction of sp³-hybridized carbons (Fsp3) is 0.609. The van der Waals surface area contributed by atoms with Crippen LogP contribution >= 0.6 is 0 Å². The van der Waals surface area contributed by atoms with Gasteiger partial charge in [-0.3, -0.25) is 9.69 Å². The molecule has 3 heterocycles. The molecule has 0 saturated carbocycles. The van der Waals surface area contributed by atoms with Crippen LogP contribution in [0.2, 0.25) is 0 Å². The SMILES string of the molecule is CC1CCN([C@H](CNC(=O)c2cnn(-c3ccccn3)c2C(C)C)C(C)C)CC1. The summed E-state index contributed by atoms with van der Waals surface area (Å²) in [5.74, 6) is 2.14. The van der Waals surface area contributed by atoms with Crippen molar-refractivity contribution in [2.24, 2.45) is 11.8 Å². The van der Waals surface area contributed by atoms with Crippen LogP contribution in [0, 0.1) is 11.8 Å². The van der Waals surface area contributed by atoms with Gasteiger partial charge in [-0.1, -0.05) is 40.7 Å². The minimum Gasteiger partial charge on any atom is -0.350 e. The van der Waals surface area contributed by atoms with Crippen molar-refractivity contribution in [1.82, 2.24) is 25.0 Å². The molecule has 1 aliphatic heterocycles. The molecular weight excluding hydrogens is 362 g/mol. The first-order valence-corrected chi connectivity index (χ1v) is 10.9. The van der Waals surface area contributed by atoms with E-state index in [-0.39, 0.29) is 11.8 Å². The number of aromatic nitrogens is 3. The zero-order chi connectivity index (χ0) is 21.0. The van der Waals surface area contributed by atoms with E-state index in [2.05, 4.69) is 54.9 Å². The summed E-state index contributed by atoms with van der Waals surface area (Å²) in [6, 6.07) is 6.08. The fourth-order valence-electron chi connectivity index (χ4n) is 4.19. The number of pyridine rings is 1. The average Bonchev–Trinajstić information content (AvgIpc) is 3.15. The van der Waals surface area contributed by atoms with Gasteiger partial charge in [0.25, 0.3) is 5.91 Å². The van der Waals surface area contributed by atoms with E-state index < -0.39 is 0 Å². The van der Waals surface area contributed by atoms with E-state index in [0.717, 1.165) is 30.5 Å². The molecule has 6 nitrogen and oxygen atoms in total. The topological polar surface area (TPSA) is 63.1 Å². The second kappa shape index (κ2) is 9.53. The first kappa shape index (κ1) is 21.5. The summed E-state index contributed by atoms with van der Waals surface area (Å²) in [5, 5.41) is 7.67. The fourth-order valence-corrected chi connectivity index (χ4v) is 4.19. The van der Waals surface area contributed by atoms with Crippen molar-refractivity contribution in [1.29, 1.82) is 0 Å². The Kier molecular flexibility index (Phi) is 7.06. The van der Waals surface area contributed by atoms with Gasteiger partial charge >= 0.3 is 0 Å². The van der Waals surface area contributed by atoms with Crippen LogP contribution in [0.3, 0.4) is 0 Å². The van der Waals surface area contributed by atoms with Crippen LogP contribution in [0.4, 0.5) is 0 Å². The Balaban J connectivity index is 1.74. The van der Waals surface area contributed by atoms with Crippen LogP contribution < -0.4 is 5.32 Å². The van der Waals surface area contributed by atoms with E-state index in [0.29, 0.717) is 24.1 Å². The van der Waals surface area contributed by atoms with Crippen LogP contribution in [-0.2, 0) is 0 Å². The van der Waals surface area contributed by atoms with Crippen molar-refractivity contribution >= 4 is 5.91 Å². The third-order valence-electron chi connectivity index (χ3n) is 5.99. The van der Waals surface area contributed by atoms with Crippen LogP contribution in [0.15, 0.2) is 30.6 Å². The molecule has 29 heavy (non-hydrogen) atoms. The summed E-state index contributed by atoms with van der Waals surface area (Å²) in [6.45, 7) is 13.9. The quantitative estimate of drug-likeness (QED) is 0.770. The largest absolute Gasteiger partial charge is 0.350 e. The Morgan fingerprint density at radius 2 is 1.93 bits per heavy atom. The molecule has 2 aromatic heterocycles. The summed E-state index contributed by atoms with van der Waals surface area (Å²) < 4.78 is 1.78. The number of hydrogen-bond donors (Lipinski definition) is 1. The van der Waals surface area contributed by atoms with E-state index in [9.17, 15) is 4.79 Å². The monoisotopic (exact) mass is 397 g/mol. The first-order chi connectivity index (χ1) is 13.9. The van der Waals surface area contributed by atoms with Crippen molar-refractivity contribution in [3.05, 3.63) is 41.9 Å². The maximum atomic E-state index is 13.1. The second-order valence-corrected chi connectivity index (χ2v) is 8.94. The number of nitrogens with zero attached hydrogens (tertiary/aromatic N) is 4. The number of carbonyl (C=O) groups excluding carboxylic acids is 1. The third-order valence-corrected chi connectivity index (χ3v) is 5.99. The summed E-state index contributed by atoms with van der Waals surface area (Å²) >= 11 is 0. The molecule has 1 atom stereocenters. The lowest BCUT2D eigenvalue weighted by Crippen LogP contribution is -2.49. The zero-order valence-electron chi connectivity index (χ0n) is 18.4. The van der Waals surface area contributed by atoms with Crippen LogP contribution in [0.1, 0.15) is 69.4 Å². The summed E-state index contributed by atoms with van der Waals surface area (Å²) in [6.07, 6.45) is 5.90. The standard InChI is InChI=1S/C23H35N5O/c1-16(2)20(27-12-9-18(5)10-13-27)15-25-23(29)19-14-26-28(22(19)17(3)4)21-8-6-7-11-24-21/h6-8,11,14,16-18,20H,9-10,12-13,15H2,1-5H3,(H,25,29)/t20-/m1/s1. The van der Waals surface area contributed by atoms with Crippen molar-refractivity contribution < 1.29 is 4.79 Å². The lowest BCUT2D eigenvalue weighted by Gasteiger charge is -2.38. The van der Waals surface area contributed by atoms with Gasteiger partial charge in [0.05, 0.1) is 17.5 Å². The molecule has 0 aliphatic carbocycles. The lowest BCUT2D eigenvalue weighted by atomic mass is 9.94. The van der Waals surface area contributed by atoms with E-state index in [1.165, 1.54) is 12.8 Å². The molecule has 0 spiro atoms. The molecule has 1 amide bonds. The molecular formula is C23H35N5O. The number of nitrogens with one attached hydrogen (secondary N) is 1. The zero-order valence-corrected chi connectivity index (χ0v) is 18.4. The minimum absolute atomic E-state index is 0.0492. The summed E-state index contributed by atoms with van der Waals surface area (Å²) in [5.41, 5.74) is 1.54. The lowest BCUT2D eigenvalue weighted by molar-refractivity contribution is 0.0862. The number of carbonyl (C=O) groups is 1. The van der Waals surface area contributed by atoms with Crippen molar-refractivity contribution in [3.63, 3.8) is 0 Å². The summed E-state index contributed by atoms with van der Waals surface area (Å²) in [7, 11) is 0. The molecule has 6 heteroatoms. The van der Waals surface area contributed by atoms with Gasteiger partial charge in [0.15, 0.2) is 5.82 Å². The minimum atomic E-state index is -0.0492. The van der Waals surface area contributed by atoms with E-state index in [1.54, 1.807) is 17.1 Å². The molecule has 0 aromatic carbocycles. The van der Waals surface area contributed by atoms with Crippen molar-refractivity contribution in [2.75, 3.05) is 19.6 Å². The molecule has 158 valence electrons. The molecule has 0 radical (unpaired) electrons. The highest BCUT2D eigenvalue weighted by molar-refractivity contribution is 5.95. The smallest absolute Gasteiger partial charge is 0.254 e. The molecule has 0 unspecified atom stereocenters. The van der Waals surface area contributed by atoms with Gasteiger partial charge in [0, 0.05) is 18.8 Å². The molecule has 1 aliphatic rings. The molecule has 0 bridgehead atoms.